The van der Waals surface area contributed by atoms with Gasteiger partial charge in [-0.25, -0.2) is 9.02 Å². The van der Waals surface area contributed by atoms with Crippen molar-refractivity contribution in [1.29, 1.82) is 0 Å². The summed E-state index contributed by atoms with van der Waals surface area (Å²) in [5, 5.41) is 9.24. The third-order valence-corrected chi connectivity index (χ3v) is 5.09. The molecule has 2 aromatic rings. The van der Waals surface area contributed by atoms with Gasteiger partial charge in [0.1, 0.15) is 5.82 Å². The molecule has 1 saturated carbocycles. The summed E-state index contributed by atoms with van der Waals surface area (Å²) in [6.07, 6.45) is 2.44. The number of halogens is 2. The smallest absolute Gasteiger partial charge is 0.274 e. The molecule has 0 bridgehead atoms. The molecule has 3 N–H and O–H groups in total. The van der Waals surface area contributed by atoms with Crippen molar-refractivity contribution in [1.82, 2.24) is 10.3 Å². The number of rotatable bonds is 5. The first-order chi connectivity index (χ1) is 12.9. The molecule has 0 spiro atoms. The Labute approximate surface area is 161 Å². The summed E-state index contributed by atoms with van der Waals surface area (Å²) in [6.45, 7) is 0. The molecule has 1 aliphatic carbocycles. The van der Waals surface area contributed by atoms with Gasteiger partial charge in [-0.1, -0.05) is 28.8 Å². The molecule has 142 valence electrons. The van der Waals surface area contributed by atoms with Crippen molar-refractivity contribution in [2.75, 3.05) is 5.32 Å². The molecule has 1 heterocycles. The number of benzene rings is 1. The Hall–Kier alpha value is -2.62. The highest BCUT2D eigenvalue weighted by molar-refractivity contribution is 9.10. The fraction of sp³-hybridized carbons (Fsp3) is 0.353. The highest BCUT2D eigenvalue weighted by Gasteiger charge is 2.37. The van der Waals surface area contributed by atoms with Crippen LogP contribution in [0.2, 0.25) is 0 Å². The van der Waals surface area contributed by atoms with Gasteiger partial charge >= 0.3 is 0 Å². The summed E-state index contributed by atoms with van der Waals surface area (Å²) >= 11 is 3.15. The zero-order chi connectivity index (χ0) is 19.6. The minimum Gasteiger partial charge on any atom is -0.364 e. The number of nitrogens with two attached hydrogens (primary N) is 1. The summed E-state index contributed by atoms with van der Waals surface area (Å²) in [4.78, 5) is 36.8. The van der Waals surface area contributed by atoms with E-state index in [1.54, 1.807) is 6.07 Å². The molecular weight excluding hydrogens is 423 g/mol. The lowest BCUT2D eigenvalue weighted by Gasteiger charge is -2.29. The topological polar surface area (TPSA) is 128 Å². The summed E-state index contributed by atoms with van der Waals surface area (Å²) in [7, 11) is 0. The Morgan fingerprint density at radius 3 is 2.56 bits per heavy atom. The van der Waals surface area contributed by atoms with Crippen molar-refractivity contribution in [2.24, 2.45) is 17.6 Å². The SMILES string of the molecule is NC(=O)c1nonc1NC(=O)C1CCCCC1C(=O)c1ccc(Br)cc1F. The van der Waals surface area contributed by atoms with Gasteiger partial charge in [0.05, 0.1) is 5.56 Å². The lowest BCUT2D eigenvalue weighted by molar-refractivity contribution is -0.122. The van der Waals surface area contributed by atoms with E-state index in [0.717, 1.165) is 12.8 Å². The largest absolute Gasteiger partial charge is 0.364 e. The predicted octanol–water partition coefficient (Wildman–Crippen LogP) is 2.70. The Bertz CT molecular complexity index is 901. The highest BCUT2D eigenvalue weighted by Crippen LogP contribution is 2.34. The van der Waals surface area contributed by atoms with Crippen LogP contribution in [0.4, 0.5) is 10.2 Å². The van der Waals surface area contributed by atoms with Crippen LogP contribution < -0.4 is 11.1 Å². The van der Waals surface area contributed by atoms with E-state index in [0.29, 0.717) is 17.3 Å². The Morgan fingerprint density at radius 2 is 1.89 bits per heavy atom. The number of carbonyl (C=O) groups excluding carboxylic acids is 3. The number of amides is 2. The number of nitrogens with zero attached hydrogens (tertiary/aromatic N) is 2. The zero-order valence-electron chi connectivity index (χ0n) is 14.1. The Kier molecular flexibility index (Phi) is 5.64. The zero-order valence-corrected chi connectivity index (χ0v) is 15.7. The van der Waals surface area contributed by atoms with Crippen LogP contribution in [0.25, 0.3) is 0 Å². The molecule has 3 rings (SSSR count). The van der Waals surface area contributed by atoms with Crippen molar-refractivity contribution in [3.05, 3.63) is 39.7 Å². The molecule has 2 amide bonds. The van der Waals surface area contributed by atoms with Gasteiger partial charge in [0, 0.05) is 16.3 Å². The van der Waals surface area contributed by atoms with Crippen LogP contribution in [0.5, 0.6) is 0 Å². The average molecular weight is 439 g/mol. The highest BCUT2D eigenvalue weighted by atomic mass is 79.9. The normalized spacial score (nSPS) is 19.5. The van der Waals surface area contributed by atoms with Gasteiger partial charge in [-0.2, -0.15) is 0 Å². The van der Waals surface area contributed by atoms with Crippen LogP contribution >= 0.6 is 15.9 Å². The minimum atomic E-state index is -0.903. The van der Waals surface area contributed by atoms with Crippen LogP contribution in [-0.4, -0.2) is 27.9 Å². The van der Waals surface area contributed by atoms with E-state index in [9.17, 15) is 18.8 Å². The second kappa shape index (κ2) is 7.95. The maximum Gasteiger partial charge on any atom is 0.274 e. The van der Waals surface area contributed by atoms with E-state index < -0.39 is 35.3 Å². The van der Waals surface area contributed by atoms with Gasteiger partial charge in [-0.3, -0.25) is 14.4 Å². The third kappa shape index (κ3) is 4.05. The van der Waals surface area contributed by atoms with Crippen molar-refractivity contribution in [3.63, 3.8) is 0 Å². The summed E-state index contributed by atoms with van der Waals surface area (Å²) in [5.74, 6) is -4.04. The first-order valence-electron chi connectivity index (χ1n) is 8.31. The van der Waals surface area contributed by atoms with E-state index in [1.807, 2.05) is 0 Å². The number of anilines is 1. The Balaban J connectivity index is 1.82. The van der Waals surface area contributed by atoms with Gasteiger partial charge in [0.15, 0.2) is 5.78 Å². The van der Waals surface area contributed by atoms with Crippen molar-refractivity contribution in [2.45, 2.75) is 25.7 Å². The van der Waals surface area contributed by atoms with Crippen LogP contribution in [0.1, 0.15) is 46.5 Å². The Morgan fingerprint density at radius 1 is 1.19 bits per heavy atom. The third-order valence-electron chi connectivity index (χ3n) is 4.60. The maximum absolute atomic E-state index is 14.2. The number of ketones is 1. The monoisotopic (exact) mass is 438 g/mol. The minimum absolute atomic E-state index is 0.0520. The quantitative estimate of drug-likeness (QED) is 0.690. The van der Waals surface area contributed by atoms with Crippen LogP contribution in [-0.2, 0) is 4.79 Å². The maximum atomic E-state index is 14.2. The molecule has 8 nitrogen and oxygen atoms in total. The van der Waals surface area contributed by atoms with E-state index >= 15 is 0 Å². The summed E-state index contributed by atoms with van der Waals surface area (Å²) < 4.78 is 19.1. The number of Topliss-reactive ketones (excluding diaryl/α,β-unsaturated/α-hetero) is 1. The molecule has 27 heavy (non-hydrogen) atoms. The molecular formula is C17H16BrFN4O4. The van der Waals surface area contributed by atoms with Gasteiger partial charge in [0.25, 0.3) is 5.91 Å². The molecule has 0 radical (unpaired) electrons. The number of aromatic nitrogens is 2. The molecule has 1 fully saturated rings. The summed E-state index contributed by atoms with van der Waals surface area (Å²) in [6, 6.07) is 4.19. The molecule has 1 aromatic heterocycles. The second-order valence-electron chi connectivity index (χ2n) is 6.30. The number of hydrogen-bond donors (Lipinski definition) is 2. The van der Waals surface area contributed by atoms with E-state index in [4.69, 9.17) is 5.73 Å². The number of carbonyl (C=O) groups is 3. The van der Waals surface area contributed by atoms with Gasteiger partial charge < -0.3 is 11.1 Å². The molecule has 1 aromatic carbocycles. The number of primary amides is 1. The molecule has 1 aliphatic rings. The van der Waals surface area contributed by atoms with Gasteiger partial charge in [-0.15, -0.1) is 0 Å². The molecule has 0 aliphatic heterocycles. The standard InChI is InChI=1S/C17H16BrFN4O4/c18-8-5-6-11(12(19)7-8)14(24)9-3-1-2-4-10(9)17(26)21-16-13(15(20)25)22-27-23-16/h5-7,9-10H,1-4H2,(H2,20,25)(H,21,23,26). The summed E-state index contributed by atoms with van der Waals surface area (Å²) in [5.41, 5.74) is 4.78. The first-order valence-corrected chi connectivity index (χ1v) is 9.10. The van der Waals surface area contributed by atoms with Crippen molar-refractivity contribution in [3.8, 4) is 0 Å². The molecule has 2 atom stereocenters. The molecule has 10 heteroatoms. The fourth-order valence-corrected chi connectivity index (χ4v) is 3.62. The lowest BCUT2D eigenvalue weighted by atomic mass is 9.75. The van der Waals surface area contributed by atoms with E-state index in [1.165, 1.54) is 12.1 Å². The lowest BCUT2D eigenvalue weighted by Crippen LogP contribution is -2.37. The van der Waals surface area contributed by atoms with Crippen LogP contribution in [0.15, 0.2) is 27.3 Å². The van der Waals surface area contributed by atoms with Crippen LogP contribution in [0.3, 0.4) is 0 Å². The first kappa shape index (κ1) is 19.2. The number of nitrogens with one attached hydrogen (secondary N) is 1. The molecule has 0 saturated heterocycles. The van der Waals surface area contributed by atoms with Crippen molar-refractivity contribution >= 4 is 39.3 Å². The number of hydrogen-bond acceptors (Lipinski definition) is 6. The van der Waals surface area contributed by atoms with E-state index in [2.05, 4.69) is 36.2 Å². The van der Waals surface area contributed by atoms with Crippen molar-refractivity contribution < 1.29 is 23.4 Å². The molecule has 2 unspecified atom stereocenters. The second-order valence-corrected chi connectivity index (χ2v) is 7.22. The van der Waals surface area contributed by atoms with Gasteiger partial charge in [0.2, 0.25) is 17.4 Å². The average Bonchev–Trinajstić information content (AvgIpc) is 3.09. The van der Waals surface area contributed by atoms with Gasteiger partial charge in [-0.05, 0) is 41.4 Å². The van der Waals surface area contributed by atoms with Crippen LogP contribution in [0, 0.1) is 17.7 Å². The predicted molar refractivity (Wildman–Crippen MR) is 95.3 cm³/mol. The fourth-order valence-electron chi connectivity index (χ4n) is 3.29. The van der Waals surface area contributed by atoms with E-state index in [-0.39, 0.29) is 17.1 Å².